The summed E-state index contributed by atoms with van der Waals surface area (Å²) < 4.78 is 0. The molecule has 0 radical (unpaired) electrons. The Hall–Kier alpha value is -10.1. The minimum absolute atomic E-state index is 0.000219. The van der Waals surface area contributed by atoms with E-state index < -0.39 is 161 Å². The van der Waals surface area contributed by atoms with Gasteiger partial charge in [-0.15, -0.1) is 0 Å². The number of hydrogen-bond donors (Lipinski definition) is 21. The molecule has 0 aromatic rings. The van der Waals surface area contributed by atoms with Crippen molar-refractivity contribution in [1.29, 1.82) is 0 Å². The molecule has 626 valence electrons. The van der Waals surface area contributed by atoms with Crippen molar-refractivity contribution in [3.05, 3.63) is 0 Å². The number of aliphatic imine (C=N–C) groups is 3. The zero-order chi connectivity index (χ0) is 84.2. The predicted molar refractivity (Wildman–Crippen MR) is 415 cm³/mol. The molecule has 0 bridgehead atoms. The zero-order valence-corrected chi connectivity index (χ0v) is 67.2. The highest BCUT2D eigenvalue weighted by Gasteiger charge is 2.37. The van der Waals surface area contributed by atoms with Crippen molar-refractivity contribution in [2.75, 3.05) is 32.7 Å². The van der Waals surface area contributed by atoms with E-state index in [1.807, 2.05) is 27.7 Å². The van der Waals surface area contributed by atoms with Gasteiger partial charge in [-0.3, -0.25) is 86.9 Å². The lowest BCUT2D eigenvalue weighted by molar-refractivity contribution is -0.137. The lowest BCUT2D eigenvalue weighted by atomic mass is 9.99. The fraction of sp³-hybridized carbons (Fsp3) is 0.746. The number of guanidine groups is 3. The van der Waals surface area contributed by atoms with Gasteiger partial charge in [-0.2, -0.15) is 0 Å². The highest BCUT2D eigenvalue weighted by atomic mass is 16.4. The molecule has 0 fully saturated rings. The average Bonchev–Trinajstić information content (AvgIpc) is 0.861. The third kappa shape index (κ3) is 45.0. The Bertz CT molecular complexity index is 3110. The molecule has 0 aliphatic carbocycles. The summed E-state index contributed by atoms with van der Waals surface area (Å²) in [5.41, 5.74) is 33.3. The predicted octanol–water partition coefficient (Wildman–Crippen LogP) is -3.58. The van der Waals surface area contributed by atoms with Gasteiger partial charge in [0.05, 0.1) is 6.42 Å². The summed E-state index contributed by atoms with van der Waals surface area (Å²) in [6.45, 7) is 26.8. The minimum Gasteiger partial charge on any atom is -0.481 e. The molecule has 39 heteroatoms. The van der Waals surface area contributed by atoms with Gasteiger partial charge in [0.2, 0.25) is 82.7 Å². The number of carboxylic acids is 1. The summed E-state index contributed by atoms with van der Waals surface area (Å²) in [7, 11) is 0. The maximum absolute atomic E-state index is 14.5. The Labute approximate surface area is 646 Å². The number of nitrogens with two attached hydrogens (primary N) is 6. The Morgan fingerprint density at radius 3 is 0.736 bits per heavy atom. The van der Waals surface area contributed by atoms with Gasteiger partial charge in [-0.1, -0.05) is 83.1 Å². The molecule has 27 N–H and O–H groups in total. The molecule has 0 unspecified atom stereocenters. The molecule has 0 aliphatic rings. The first-order valence-corrected chi connectivity index (χ1v) is 37.8. The number of amides is 14. The minimum atomic E-state index is -1.40. The quantitative estimate of drug-likeness (QED) is 0.0159. The summed E-state index contributed by atoms with van der Waals surface area (Å²) in [4.78, 5) is 216. The van der Waals surface area contributed by atoms with Gasteiger partial charge in [0, 0.05) is 46.1 Å². The number of carbonyl (C=O) groups excluding carboxylic acids is 14. The van der Waals surface area contributed by atoms with Gasteiger partial charge >= 0.3 is 5.97 Å². The van der Waals surface area contributed by atoms with Crippen LogP contribution in [0.1, 0.15) is 201 Å². The van der Waals surface area contributed by atoms with Crippen LogP contribution in [0, 0.1) is 35.5 Å². The molecule has 0 aromatic carbocycles. The van der Waals surface area contributed by atoms with E-state index in [2.05, 4.69) is 89.4 Å². The van der Waals surface area contributed by atoms with E-state index in [-0.39, 0.29) is 176 Å². The Morgan fingerprint density at radius 2 is 0.500 bits per heavy atom. The Morgan fingerprint density at radius 1 is 0.282 bits per heavy atom. The second-order valence-corrected chi connectivity index (χ2v) is 30.1. The van der Waals surface area contributed by atoms with Crippen LogP contribution >= 0.6 is 0 Å². The summed E-state index contributed by atoms with van der Waals surface area (Å²) in [5.74, 6) is -13.2. The number of carboxylic acid groups (broad SMARTS) is 1. The van der Waals surface area contributed by atoms with Crippen molar-refractivity contribution in [3.8, 4) is 0 Å². The van der Waals surface area contributed by atoms with Crippen molar-refractivity contribution >= 4 is 107 Å². The van der Waals surface area contributed by atoms with Crippen molar-refractivity contribution < 1.29 is 77.0 Å². The maximum Gasteiger partial charge on any atom is 0.305 e. The standard InChI is InChI=1S/C71H131N23O16/c1-36(2)30-49(60(102)79-28-23-55(96)78-29-24-56(97)98)90-61(103)46(20-17-25-80-69(72)73)87-58(100)43(14)84-65(107)51(32-38(5)6)93-68(110)54(35-41(11)12)92-63(105)48(22-19-27-82-71(76)77)89-59(101)44(15)85-66(108)52(33-39(7)8)94-67(109)53(34-40(9)10)91-62(104)47(21-18-26-81-70(74)75)88-57(99)42(13)83-64(106)50(31-37(3)4)86-45(16)95/h36-44,46-54H,17-35H2,1-16H3,(H,78,96)(H,79,102)(H,83,106)(H,84,107)(H,85,108)(H,86,95)(H,87,100)(H,88,99)(H,89,101)(H,90,103)(H,91,104)(H,92,105)(H,93,110)(H,94,109)(H,97,98)(H4,72,73,80)(H4,74,75,81)(H4,76,77,82)/t42-,43-,44-,46-,47-,48-,49-,50-,51-,52-,53-,54-/m0/s1. The third-order valence-electron chi connectivity index (χ3n) is 16.4. The average molecular weight is 1560 g/mol. The van der Waals surface area contributed by atoms with E-state index in [1.165, 1.54) is 27.7 Å². The number of aliphatic carboxylic acids is 1. The summed E-state index contributed by atoms with van der Waals surface area (Å²) in [5, 5.41) is 45.8. The first-order chi connectivity index (χ1) is 51.2. The molecule has 0 aliphatic heterocycles. The van der Waals surface area contributed by atoms with E-state index in [0.717, 1.165) is 0 Å². The van der Waals surface area contributed by atoms with Gasteiger partial charge in [-0.25, -0.2) is 0 Å². The molecule has 110 heavy (non-hydrogen) atoms. The van der Waals surface area contributed by atoms with Crippen LogP contribution < -0.4 is 109 Å². The Balaban J connectivity index is 6.90. The van der Waals surface area contributed by atoms with Crippen LogP contribution in [0.2, 0.25) is 0 Å². The molecule has 12 atom stereocenters. The molecule has 0 aromatic heterocycles. The van der Waals surface area contributed by atoms with E-state index >= 15 is 0 Å². The second kappa shape index (κ2) is 52.8. The van der Waals surface area contributed by atoms with Gasteiger partial charge in [0.15, 0.2) is 17.9 Å². The number of hydrogen-bond acceptors (Lipinski definition) is 18. The number of rotatable bonds is 54. The molecule has 0 spiro atoms. The molecule has 14 amide bonds. The summed E-state index contributed by atoms with van der Waals surface area (Å²) in [6.07, 6.45) is 0.329. The molecule has 0 saturated carbocycles. The first-order valence-electron chi connectivity index (χ1n) is 37.8. The van der Waals surface area contributed by atoms with E-state index in [1.54, 1.807) is 55.4 Å². The first kappa shape index (κ1) is 99.9. The second-order valence-electron chi connectivity index (χ2n) is 30.1. The van der Waals surface area contributed by atoms with Crippen molar-refractivity contribution in [2.45, 2.75) is 273 Å². The fourth-order valence-corrected chi connectivity index (χ4v) is 11.0. The SMILES string of the molecule is CC(=O)N[C@@H](CC(C)C)C(=O)N[C@@H](C)C(=O)N[C@@H](CCCN=C(N)N)C(=O)N[C@@H](CC(C)C)C(=O)N[C@@H](CC(C)C)C(=O)N[C@@H](C)C(=O)N[C@@H](CCCN=C(N)N)C(=O)N[C@@H](CC(C)C)C(=O)N[C@@H](CC(C)C)C(=O)N[C@@H](C)C(=O)N[C@@H](CCCN=C(N)N)C(=O)N[C@@H](CC(C)C)C(=O)NCCC(=O)NCCC(=O)O. The van der Waals surface area contributed by atoms with Gasteiger partial charge in [0.25, 0.3) is 0 Å². The van der Waals surface area contributed by atoms with Crippen LogP contribution in [-0.2, 0) is 71.9 Å². The third-order valence-corrected chi connectivity index (χ3v) is 16.4. The molecule has 39 nitrogen and oxygen atoms in total. The lowest BCUT2D eigenvalue weighted by Crippen LogP contribution is -2.60. The highest BCUT2D eigenvalue weighted by Crippen LogP contribution is 2.15. The molecular formula is C71H131N23O16. The number of nitrogens with zero attached hydrogens (tertiary/aromatic N) is 3. The fourth-order valence-electron chi connectivity index (χ4n) is 11.0. The smallest absolute Gasteiger partial charge is 0.305 e. The number of carbonyl (C=O) groups is 15. The molecule has 0 rings (SSSR count). The van der Waals surface area contributed by atoms with E-state index in [4.69, 9.17) is 39.5 Å². The van der Waals surface area contributed by atoms with Crippen LogP contribution in [0.5, 0.6) is 0 Å². The van der Waals surface area contributed by atoms with Crippen molar-refractivity contribution in [3.63, 3.8) is 0 Å². The number of nitrogens with one attached hydrogen (secondary N) is 14. The monoisotopic (exact) mass is 1560 g/mol. The maximum atomic E-state index is 14.5. The van der Waals surface area contributed by atoms with Crippen molar-refractivity contribution in [2.24, 2.45) is 84.9 Å². The summed E-state index contributed by atoms with van der Waals surface area (Å²) >= 11 is 0. The van der Waals surface area contributed by atoms with Crippen LogP contribution in [0.15, 0.2) is 15.0 Å². The van der Waals surface area contributed by atoms with Crippen LogP contribution in [0.3, 0.4) is 0 Å². The topological polar surface area (TPSA) is 638 Å². The van der Waals surface area contributed by atoms with Crippen LogP contribution in [0.25, 0.3) is 0 Å². The van der Waals surface area contributed by atoms with Crippen molar-refractivity contribution in [1.82, 2.24) is 74.4 Å². The van der Waals surface area contributed by atoms with Crippen LogP contribution in [0.4, 0.5) is 0 Å². The largest absolute Gasteiger partial charge is 0.481 e. The van der Waals surface area contributed by atoms with Crippen LogP contribution in [-0.4, -0.2) is 217 Å². The van der Waals surface area contributed by atoms with E-state index in [0.29, 0.717) is 0 Å². The lowest BCUT2D eigenvalue weighted by Gasteiger charge is -2.29. The molecule has 0 saturated heterocycles. The van der Waals surface area contributed by atoms with Gasteiger partial charge in [-0.05, 0) is 133 Å². The molecule has 0 heterocycles. The molecular weight excluding hydrogens is 1430 g/mol. The van der Waals surface area contributed by atoms with E-state index in [9.17, 15) is 71.9 Å². The van der Waals surface area contributed by atoms with Gasteiger partial charge < -0.3 is 114 Å². The zero-order valence-electron chi connectivity index (χ0n) is 67.2. The normalized spacial score (nSPS) is 14.5. The summed E-state index contributed by atoms with van der Waals surface area (Å²) in [6, 6.07) is -15.3. The Kier molecular flexibility index (Phi) is 48.0. The van der Waals surface area contributed by atoms with Gasteiger partial charge in [0.1, 0.15) is 72.5 Å². The highest BCUT2D eigenvalue weighted by molar-refractivity contribution is 6.00.